The normalized spacial score (nSPS) is 11.3. The van der Waals surface area contributed by atoms with Gasteiger partial charge in [-0.15, -0.1) is 0 Å². The van der Waals surface area contributed by atoms with Gasteiger partial charge in [0, 0.05) is 6.54 Å². The van der Waals surface area contributed by atoms with Crippen LogP contribution in [-0.2, 0) is 10.0 Å². The average molecular weight is 305 g/mol. The maximum atomic E-state index is 12.8. The fourth-order valence-electron chi connectivity index (χ4n) is 2.05. The lowest BCUT2D eigenvalue weighted by molar-refractivity contribution is 0.475. The van der Waals surface area contributed by atoms with Crippen molar-refractivity contribution >= 4 is 15.7 Å². The van der Waals surface area contributed by atoms with Gasteiger partial charge in [0.2, 0.25) is 0 Å². The Balaban J connectivity index is 2.45. The van der Waals surface area contributed by atoms with Crippen LogP contribution < -0.4 is 4.31 Å². The highest BCUT2D eigenvalue weighted by molar-refractivity contribution is 7.92. The molecule has 0 aliphatic rings. The summed E-state index contributed by atoms with van der Waals surface area (Å²) in [6.45, 7) is 4.24. The SMILES string of the molecule is CCCN(c1ccc(O)cc1)S(=O)(=O)c1ccc(C)cc1. The molecule has 4 nitrogen and oxygen atoms in total. The Kier molecular flexibility index (Phi) is 4.53. The van der Waals surface area contributed by atoms with Gasteiger partial charge in [0.25, 0.3) is 10.0 Å². The van der Waals surface area contributed by atoms with E-state index in [0.29, 0.717) is 18.7 Å². The molecule has 21 heavy (non-hydrogen) atoms. The van der Waals surface area contributed by atoms with Crippen LogP contribution >= 0.6 is 0 Å². The smallest absolute Gasteiger partial charge is 0.264 e. The Morgan fingerprint density at radius 2 is 1.57 bits per heavy atom. The zero-order valence-electron chi connectivity index (χ0n) is 12.2. The minimum absolute atomic E-state index is 0.114. The molecule has 0 saturated carbocycles. The first-order valence-corrected chi connectivity index (χ1v) is 8.27. The average Bonchev–Trinajstić information content (AvgIpc) is 2.46. The molecule has 2 aromatic carbocycles. The number of phenolic OH excluding ortho intramolecular Hbond substituents is 1. The number of phenols is 1. The number of rotatable bonds is 5. The summed E-state index contributed by atoms with van der Waals surface area (Å²) in [7, 11) is -3.59. The summed E-state index contributed by atoms with van der Waals surface area (Å²) in [6, 6.07) is 13.0. The highest BCUT2D eigenvalue weighted by Crippen LogP contribution is 2.25. The second-order valence-corrected chi connectivity index (χ2v) is 6.77. The molecule has 0 spiro atoms. The Bertz CT molecular complexity index is 691. The molecule has 2 rings (SSSR count). The lowest BCUT2D eigenvalue weighted by Crippen LogP contribution is -2.31. The quantitative estimate of drug-likeness (QED) is 0.922. The molecular weight excluding hydrogens is 286 g/mol. The second-order valence-electron chi connectivity index (χ2n) is 4.91. The van der Waals surface area contributed by atoms with E-state index < -0.39 is 10.0 Å². The van der Waals surface area contributed by atoms with Crippen LogP contribution in [-0.4, -0.2) is 20.1 Å². The van der Waals surface area contributed by atoms with Crippen LogP contribution in [0.2, 0.25) is 0 Å². The van der Waals surface area contributed by atoms with Crippen LogP contribution in [0.15, 0.2) is 53.4 Å². The van der Waals surface area contributed by atoms with E-state index in [0.717, 1.165) is 5.56 Å². The van der Waals surface area contributed by atoms with Crippen molar-refractivity contribution in [3.63, 3.8) is 0 Å². The van der Waals surface area contributed by atoms with E-state index in [9.17, 15) is 13.5 Å². The molecular formula is C16H19NO3S. The van der Waals surface area contributed by atoms with Gasteiger partial charge in [0.1, 0.15) is 5.75 Å². The first kappa shape index (κ1) is 15.4. The predicted molar refractivity (Wildman–Crippen MR) is 84.1 cm³/mol. The van der Waals surface area contributed by atoms with Crippen molar-refractivity contribution in [2.24, 2.45) is 0 Å². The maximum absolute atomic E-state index is 12.8. The molecule has 5 heteroatoms. The molecule has 2 aromatic rings. The zero-order valence-corrected chi connectivity index (χ0v) is 13.0. The fourth-order valence-corrected chi connectivity index (χ4v) is 3.60. The van der Waals surface area contributed by atoms with Crippen LogP contribution in [0.3, 0.4) is 0 Å². The highest BCUT2D eigenvalue weighted by Gasteiger charge is 2.24. The van der Waals surface area contributed by atoms with Gasteiger partial charge in [0.15, 0.2) is 0 Å². The van der Waals surface area contributed by atoms with Crippen LogP contribution in [0.1, 0.15) is 18.9 Å². The van der Waals surface area contributed by atoms with Gasteiger partial charge >= 0.3 is 0 Å². The van der Waals surface area contributed by atoms with Gasteiger partial charge in [-0.1, -0.05) is 24.6 Å². The van der Waals surface area contributed by atoms with Crippen molar-refractivity contribution in [1.82, 2.24) is 0 Å². The van der Waals surface area contributed by atoms with Gasteiger partial charge in [-0.2, -0.15) is 0 Å². The van der Waals surface area contributed by atoms with Gasteiger partial charge < -0.3 is 5.11 Å². The molecule has 112 valence electrons. The van der Waals surface area contributed by atoms with Crippen molar-refractivity contribution < 1.29 is 13.5 Å². The fraction of sp³-hybridized carbons (Fsp3) is 0.250. The van der Waals surface area contributed by atoms with Crippen molar-refractivity contribution in [3.05, 3.63) is 54.1 Å². The van der Waals surface area contributed by atoms with Crippen molar-refractivity contribution in [1.29, 1.82) is 0 Å². The summed E-state index contributed by atoms with van der Waals surface area (Å²) < 4.78 is 26.9. The number of aromatic hydroxyl groups is 1. The molecule has 0 aliphatic heterocycles. The van der Waals surface area contributed by atoms with E-state index in [1.807, 2.05) is 13.8 Å². The third-order valence-electron chi connectivity index (χ3n) is 3.17. The summed E-state index contributed by atoms with van der Waals surface area (Å²) in [6.07, 6.45) is 0.700. The van der Waals surface area contributed by atoms with Gasteiger partial charge in [-0.05, 0) is 49.7 Å². The lowest BCUT2D eigenvalue weighted by Gasteiger charge is -2.24. The van der Waals surface area contributed by atoms with Crippen molar-refractivity contribution in [2.75, 3.05) is 10.8 Å². The molecule has 0 amide bonds. The number of nitrogens with zero attached hydrogens (tertiary/aromatic N) is 1. The van der Waals surface area contributed by atoms with E-state index in [2.05, 4.69) is 0 Å². The summed E-state index contributed by atoms with van der Waals surface area (Å²) in [5.74, 6) is 0.114. The molecule has 0 fully saturated rings. The predicted octanol–water partition coefficient (Wildman–Crippen LogP) is 3.31. The molecule has 0 unspecified atom stereocenters. The van der Waals surface area contributed by atoms with Crippen LogP contribution in [0.5, 0.6) is 5.75 Å². The lowest BCUT2D eigenvalue weighted by atomic mass is 10.2. The minimum Gasteiger partial charge on any atom is -0.508 e. The van der Waals surface area contributed by atoms with E-state index >= 15 is 0 Å². The largest absolute Gasteiger partial charge is 0.508 e. The van der Waals surface area contributed by atoms with E-state index in [-0.39, 0.29) is 10.6 Å². The highest BCUT2D eigenvalue weighted by atomic mass is 32.2. The minimum atomic E-state index is -3.59. The van der Waals surface area contributed by atoms with E-state index in [1.54, 1.807) is 36.4 Å². The third-order valence-corrected chi connectivity index (χ3v) is 5.01. The topological polar surface area (TPSA) is 57.6 Å². The van der Waals surface area contributed by atoms with E-state index in [1.165, 1.54) is 16.4 Å². The molecule has 0 radical (unpaired) electrons. The maximum Gasteiger partial charge on any atom is 0.264 e. The van der Waals surface area contributed by atoms with Crippen molar-refractivity contribution in [3.8, 4) is 5.75 Å². The summed E-state index contributed by atoms with van der Waals surface area (Å²) in [5.41, 5.74) is 1.57. The number of benzene rings is 2. The molecule has 1 N–H and O–H groups in total. The van der Waals surface area contributed by atoms with Gasteiger partial charge in [-0.25, -0.2) is 8.42 Å². The Morgan fingerprint density at radius 1 is 1.00 bits per heavy atom. The zero-order chi connectivity index (χ0) is 15.5. The number of aryl methyl sites for hydroxylation is 1. The Hall–Kier alpha value is -2.01. The van der Waals surface area contributed by atoms with E-state index in [4.69, 9.17) is 0 Å². The van der Waals surface area contributed by atoms with Gasteiger partial charge in [-0.3, -0.25) is 4.31 Å². The van der Waals surface area contributed by atoms with Crippen LogP contribution in [0.4, 0.5) is 5.69 Å². The molecule has 0 aliphatic carbocycles. The molecule has 0 atom stereocenters. The first-order chi connectivity index (χ1) is 9.95. The third kappa shape index (κ3) is 3.36. The van der Waals surface area contributed by atoms with Crippen molar-refractivity contribution in [2.45, 2.75) is 25.2 Å². The Morgan fingerprint density at radius 3 is 2.10 bits per heavy atom. The summed E-state index contributed by atoms with van der Waals surface area (Å²) in [4.78, 5) is 0.273. The number of hydrogen-bond acceptors (Lipinski definition) is 3. The molecule has 0 aromatic heterocycles. The van der Waals surface area contributed by atoms with Crippen LogP contribution in [0.25, 0.3) is 0 Å². The number of anilines is 1. The molecule has 0 bridgehead atoms. The van der Waals surface area contributed by atoms with Crippen LogP contribution in [0, 0.1) is 6.92 Å². The molecule has 0 saturated heterocycles. The number of hydrogen-bond donors (Lipinski definition) is 1. The molecule has 0 heterocycles. The summed E-state index contributed by atoms with van der Waals surface area (Å²) >= 11 is 0. The monoisotopic (exact) mass is 305 g/mol. The summed E-state index contributed by atoms with van der Waals surface area (Å²) in [5, 5.41) is 9.35. The number of sulfonamides is 1. The second kappa shape index (κ2) is 6.18. The Labute approximate surface area is 125 Å². The standard InChI is InChI=1S/C16H19NO3S/c1-3-12-17(14-6-8-15(18)9-7-14)21(19,20)16-10-4-13(2)5-11-16/h4-11,18H,3,12H2,1-2H3. The van der Waals surface area contributed by atoms with Gasteiger partial charge in [0.05, 0.1) is 10.6 Å². The first-order valence-electron chi connectivity index (χ1n) is 6.83.